The fourth-order valence-electron chi connectivity index (χ4n) is 1.65. The van der Waals surface area contributed by atoms with E-state index in [2.05, 4.69) is 4.98 Å². The van der Waals surface area contributed by atoms with Gasteiger partial charge in [-0.1, -0.05) is 6.07 Å². The summed E-state index contributed by atoms with van der Waals surface area (Å²) in [4.78, 5) is 26.1. The Labute approximate surface area is 119 Å². The first-order valence-electron chi connectivity index (χ1n) is 5.91. The number of nitro groups is 1. The number of esters is 1. The summed E-state index contributed by atoms with van der Waals surface area (Å²) in [6, 6.07) is 4.57. The molecule has 7 heteroatoms. The molecule has 0 N–H and O–H groups in total. The van der Waals surface area contributed by atoms with Crippen LogP contribution < -0.4 is 0 Å². The van der Waals surface area contributed by atoms with Crippen LogP contribution in [0.25, 0.3) is 10.6 Å². The molecule has 0 aliphatic heterocycles. The van der Waals surface area contributed by atoms with Crippen LogP contribution in [0.5, 0.6) is 0 Å². The maximum absolute atomic E-state index is 11.6. The quantitative estimate of drug-likeness (QED) is 0.491. The average Bonchev–Trinajstić information content (AvgIpc) is 2.88. The van der Waals surface area contributed by atoms with E-state index in [0.717, 1.165) is 5.56 Å². The number of nitrogens with zero attached hydrogens (tertiary/aromatic N) is 2. The lowest BCUT2D eigenvalue weighted by Crippen LogP contribution is -2.04. The monoisotopic (exact) mass is 292 g/mol. The van der Waals surface area contributed by atoms with Gasteiger partial charge in [-0.3, -0.25) is 10.1 Å². The number of rotatable bonds is 4. The van der Waals surface area contributed by atoms with Crippen LogP contribution in [0.15, 0.2) is 23.6 Å². The van der Waals surface area contributed by atoms with E-state index in [0.29, 0.717) is 10.6 Å². The molecule has 0 aliphatic rings. The number of thiazole rings is 1. The highest BCUT2D eigenvalue weighted by atomic mass is 32.1. The van der Waals surface area contributed by atoms with Gasteiger partial charge in [-0.25, -0.2) is 9.78 Å². The third-order valence-corrected chi connectivity index (χ3v) is 3.53. The fraction of sp³-hybridized carbons (Fsp3) is 0.231. The van der Waals surface area contributed by atoms with Crippen molar-refractivity contribution in [1.29, 1.82) is 0 Å². The summed E-state index contributed by atoms with van der Waals surface area (Å²) in [5.41, 5.74) is 1.73. The molecular weight excluding hydrogens is 280 g/mol. The molecular formula is C13H12N2O4S. The molecule has 0 atom stereocenters. The van der Waals surface area contributed by atoms with Crippen molar-refractivity contribution in [2.45, 2.75) is 13.8 Å². The van der Waals surface area contributed by atoms with Gasteiger partial charge < -0.3 is 4.74 Å². The van der Waals surface area contributed by atoms with Crippen LogP contribution in [0.4, 0.5) is 5.69 Å². The van der Waals surface area contributed by atoms with Crippen molar-refractivity contribution in [3.8, 4) is 10.6 Å². The highest BCUT2D eigenvalue weighted by molar-refractivity contribution is 7.13. The summed E-state index contributed by atoms with van der Waals surface area (Å²) < 4.78 is 4.87. The zero-order valence-electron chi connectivity index (χ0n) is 11.0. The van der Waals surface area contributed by atoms with Crippen LogP contribution in [-0.4, -0.2) is 22.5 Å². The molecule has 0 amide bonds. The van der Waals surface area contributed by atoms with E-state index in [4.69, 9.17) is 4.74 Å². The third-order valence-electron chi connectivity index (χ3n) is 2.65. The van der Waals surface area contributed by atoms with E-state index in [1.165, 1.54) is 23.5 Å². The van der Waals surface area contributed by atoms with Crippen molar-refractivity contribution in [1.82, 2.24) is 4.98 Å². The first-order valence-corrected chi connectivity index (χ1v) is 6.79. The Hall–Kier alpha value is -2.28. The molecule has 0 fully saturated rings. The molecule has 20 heavy (non-hydrogen) atoms. The predicted octanol–water partition coefficient (Wildman–Crippen LogP) is 3.20. The summed E-state index contributed by atoms with van der Waals surface area (Å²) >= 11 is 1.26. The van der Waals surface area contributed by atoms with E-state index in [1.54, 1.807) is 18.4 Å². The largest absolute Gasteiger partial charge is 0.461 e. The highest BCUT2D eigenvalue weighted by Crippen LogP contribution is 2.30. The highest BCUT2D eigenvalue weighted by Gasteiger charge is 2.16. The first-order chi connectivity index (χ1) is 9.52. The number of benzene rings is 1. The van der Waals surface area contributed by atoms with Crippen LogP contribution in [0, 0.1) is 17.0 Å². The second kappa shape index (κ2) is 5.79. The van der Waals surface area contributed by atoms with E-state index >= 15 is 0 Å². The smallest absolute Gasteiger partial charge is 0.357 e. The second-order valence-electron chi connectivity index (χ2n) is 4.01. The van der Waals surface area contributed by atoms with Gasteiger partial charge in [0.05, 0.1) is 11.5 Å². The van der Waals surface area contributed by atoms with E-state index in [9.17, 15) is 14.9 Å². The molecule has 104 valence electrons. The zero-order chi connectivity index (χ0) is 14.7. The lowest BCUT2D eigenvalue weighted by atomic mass is 10.1. The van der Waals surface area contributed by atoms with Gasteiger partial charge in [0.25, 0.3) is 5.69 Å². The molecule has 0 radical (unpaired) electrons. The predicted molar refractivity (Wildman–Crippen MR) is 74.9 cm³/mol. The van der Waals surface area contributed by atoms with Crippen LogP contribution in [0.2, 0.25) is 0 Å². The van der Waals surface area contributed by atoms with Gasteiger partial charge in [-0.2, -0.15) is 0 Å². The number of non-ortho nitro benzene ring substituents is 1. The van der Waals surface area contributed by atoms with Gasteiger partial charge in [-0.15, -0.1) is 11.3 Å². The van der Waals surface area contributed by atoms with Gasteiger partial charge in [0.15, 0.2) is 5.69 Å². The van der Waals surface area contributed by atoms with Gasteiger partial charge in [0.1, 0.15) is 5.01 Å². The van der Waals surface area contributed by atoms with Crippen molar-refractivity contribution in [2.24, 2.45) is 0 Å². The minimum Gasteiger partial charge on any atom is -0.461 e. The molecule has 0 aliphatic carbocycles. The summed E-state index contributed by atoms with van der Waals surface area (Å²) in [5.74, 6) is -0.488. The maximum atomic E-state index is 11.6. The van der Waals surface area contributed by atoms with Crippen molar-refractivity contribution in [3.05, 3.63) is 45.0 Å². The molecule has 1 aromatic heterocycles. The topological polar surface area (TPSA) is 82.3 Å². The molecule has 0 saturated heterocycles. The number of aryl methyl sites for hydroxylation is 1. The minimum atomic E-state index is -0.488. The molecule has 2 aromatic rings. The maximum Gasteiger partial charge on any atom is 0.357 e. The van der Waals surface area contributed by atoms with E-state index < -0.39 is 10.9 Å². The van der Waals surface area contributed by atoms with Gasteiger partial charge in [0, 0.05) is 23.1 Å². The van der Waals surface area contributed by atoms with Crippen molar-refractivity contribution in [3.63, 3.8) is 0 Å². The lowest BCUT2D eigenvalue weighted by molar-refractivity contribution is -0.384. The van der Waals surface area contributed by atoms with Crippen molar-refractivity contribution < 1.29 is 14.5 Å². The van der Waals surface area contributed by atoms with Crippen LogP contribution >= 0.6 is 11.3 Å². The molecule has 0 saturated carbocycles. The number of hydrogen-bond donors (Lipinski definition) is 0. The van der Waals surface area contributed by atoms with Gasteiger partial charge in [-0.05, 0) is 19.4 Å². The first kappa shape index (κ1) is 14.1. The number of carbonyl (C=O) groups is 1. The minimum absolute atomic E-state index is 0.00140. The summed E-state index contributed by atoms with van der Waals surface area (Å²) in [7, 11) is 0. The van der Waals surface area contributed by atoms with Gasteiger partial charge >= 0.3 is 5.97 Å². The Morgan fingerprint density at radius 3 is 2.90 bits per heavy atom. The van der Waals surface area contributed by atoms with E-state index in [-0.39, 0.29) is 18.0 Å². The van der Waals surface area contributed by atoms with Gasteiger partial charge in [0.2, 0.25) is 0 Å². The number of carbonyl (C=O) groups excluding carboxylic acids is 1. The molecule has 6 nitrogen and oxygen atoms in total. The molecule has 1 heterocycles. The normalized spacial score (nSPS) is 10.3. The van der Waals surface area contributed by atoms with E-state index in [1.807, 2.05) is 6.92 Å². The lowest BCUT2D eigenvalue weighted by Gasteiger charge is -2.02. The Balaban J connectivity index is 2.39. The van der Waals surface area contributed by atoms with Crippen LogP contribution in [0.3, 0.4) is 0 Å². The Morgan fingerprint density at radius 2 is 2.25 bits per heavy atom. The third kappa shape index (κ3) is 2.83. The Morgan fingerprint density at radius 1 is 1.50 bits per heavy atom. The average molecular weight is 292 g/mol. The summed E-state index contributed by atoms with van der Waals surface area (Å²) in [6.07, 6.45) is 0. The molecule has 2 rings (SSSR count). The number of nitro benzene ring substituents is 1. The van der Waals surface area contributed by atoms with Crippen LogP contribution in [-0.2, 0) is 4.74 Å². The summed E-state index contributed by atoms with van der Waals surface area (Å²) in [6.45, 7) is 3.84. The molecule has 1 aromatic carbocycles. The van der Waals surface area contributed by atoms with Crippen molar-refractivity contribution >= 4 is 23.0 Å². The molecule has 0 bridgehead atoms. The number of ether oxygens (including phenoxy) is 1. The second-order valence-corrected chi connectivity index (χ2v) is 4.87. The number of aromatic nitrogens is 1. The molecule has 0 unspecified atom stereocenters. The summed E-state index contributed by atoms with van der Waals surface area (Å²) in [5, 5.41) is 13.0. The Bertz CT molecular complexity index is 666. The number of hydrogen-bond acceptors (Lipinski definition) is 6. The standard InChI is InChI=1S/C13H12N2O4S/c1-3-19-13(16)11-7-20-12(14-11)10-6-9(15(17)18)5-4-8(10)2/h4-7H,3H2,1-2H3. The fourth-order valence-corrected chi connectivity index (χ4v) is 2.52. The van der Waals surface area contributed by atoms with Crippen molar-refractivity contribution in [2.75, 3.05) is 6.61 Å². The Kier molecular flexibility index (Phi) is 4.09. The molecule has 0 spiro atoms. The zero-order valence-corrected chi connectivity index (χ0v) is 11.8. The SMILES string of the molecule is CCOC(=O)c1csc(-c2cc([N+](=O)[O-])ccc2C)n1. The van der Waals surface area contributed by atoms with Crippen LogP contribution in [0.1, 0.15) is 23.0 Å².